The number of carbonyl (C=O) groups excluding carboxylic acids is 1. The first-order valence-corrected chi connectivity index (χ1v) is 7.86. The molecule has 0 saturated carbocycles. The molecule has 7 heteroatoms. The first-order valence-electron chi connectivity index (χ1n) is 7.86. The maximum Gasteiger partial charge on any atom is 0.319 e. The number of nitrogens with one attached hydrogen (secondary N) is 2. The average Bonchev–Trinajstić information content (AvgIpc) is 3.05. The molecule has 2 aromatic carbocycles. The Morgan fingerprint density at radius 2 is 1.88 bits per heavy atom. The van der Waals surface area contributed by atoms with Gasteiger partial charge in [0.1, 0.15) is 18.7 Å². The van der Waals surface area contributed by atoms with Gasteiger partial charge in [-0.3, -0.25) is 0 Å². The summed E-state index contributed by atoms with van der Waals surface area (Å²) in [5, 5.41) is 13.3. The molecule has 0 atom stereocenters. The standard InChI is InChI=1S/C18H19N5O2/c1-23-13-20-22-17(23)11-19-18(24)21-16-10-6-5-7-14(16)12-25-15-8-3-2-4-9-15/h2-10,13H,11-12H2,1H3,(H2,19,21,24). The van der Waals surface area contributed by atoms with E-state index < -0.39 is 0 Å². The van der Waals surface area contributed by atoms with Crippen molar-refractivity contribution in [2.75, 3.05) is 5.32 Å². The number of hydrogen-bond donors (Lipinski definition) is 2. The van der Waals surface area contributed by atoms with Gasteiger partial charge in [-0.1, -0.05) is 36.4 Å². The summed E-state index contributed by atoms with van der Waals surface area (Å²) in [4.78, 5) is 12.1. The second kappa shape index (κ2) is 7.96. The van der Waals surface area contributed by atoms with E-state index in [0.717, 1.165) is 11.3 Å². The van der Waals surface area contributed by atoms with E-state index in [1.807, 2.05) is 61.6 Å². The highest BCUT2D eigenvalue weighted by Gasteiger charge is 2.08. The van der Waals surface area contributed by atoms with Crippen LogP contribution in [0.1, 0.15) is 11.4 Å². The van der Waals surface area contributed by atoms with Gasteiger partial charge in [-0.25, -0.2) is 4.79 Å². The van der Waals surface area contributed by atoms with Crippen molar-refractivity contribution in [1.82, 2.24) is 20.1 Å². The highest BCUT2D eigenvalue weighted by atomic mass is 16.5. The summed E-state index contributed by atoms with van der Waals surface area (Å²) in [7, 11) is 1.82. The summed E-state index contributed by atoms with van der Waals surface area (Å²) in [6, 6.07) is 16.8. The van der Waals surface area contributed by atoms with Crippen LogP contribution in [0.3, 0.4) is 0 Å². The Kier molecular flexibility index (Phi) is 5.26. The number of amides is 2. The van der Waals surface area contributed by atoms with E-state index >= 15 is 0 Å². The Hall–Kier alpha value is -3.35. The van der Waals surface area contributed by atoms with Gasteiger partial charge in [-0.2, -0.15) is 0 Å². The number of ether oxygens (including phenoxy) is 1. The monoisotopic (exact) mass is 337 g/mol. The minimum atomic E-state index is -0.310. The molecule has 0 saturated heterocycles. The van der Waals surface area contributed by atoms with Crippen molar-refractivity contribution >= 4 is 11.7 Å². The van der Waals surface area contributed by atoms with Crippen molar-refractivity contribution in [3.63, 3.8) is 0 Å². The second-order valence-corrected chi connectivity index (χ2v) is 5.42. The fourth-order valence-electron chi connectivity index (χ4n) is 2.24. The molecule has 0 radical (unpaired) electrons. The number of benzene rings is 2. The molecule has 1 heterocycles. The van der Waals surface area contributed by atoms with Crippen molar-refractivity contribution < 1.29 is 9.53 Å². The molecule has 0 bridgehead atoms. The van der Waals surface area contributed by atoms with E-state index in [1.54, 1.807) is 10.9 Å². The third kappa shape index (κ3) is 4.57. The lowest BCUT2D eigenvalue weighted by Crippen LogP contribution is -2.29. The van der Waals surface area contributed by atoms with Crippen LogP contribution in [0.2, 0.25) is 0 Å². The molecule has 0 aliphatic rings. The molecule has 1 aromatic heterocycles. The van der Waals surface area contributed by atoms with Gasteiger partial charge in [-0.05, 0) is 18.2 Å². The smallest absolute Gasteiger partial charge is 0.319 e. The fraction of sp³-hybridized carbons (Fsp3) is 0.167. The molecule has 0 fully saturated rings. The van der Waals surface area contributed by atoms with E-state index in [0.29, 0.717) is 24.7 Å². The lowest BCUT2D eigenvalue weighted by Gasteiger charge is -2.13. The number of aromatic nitrogens is 3. The van der Waals surface area contributed by atoms with Crippen LogP contribution in [-0.2, 0) is 20.2 Å². The predicted molar refractivity (Wildman–Crippen MR) is 94.1 cm³/mol. The number of urea groups is 1. The molecule has 3 rings (SSSR count). The molecule has 128 valence electrons. The van der Waals surface area contributed by atoms with E-state index in [1.165, 1.54) is 0 Å². The van der Waals surface area contributed by atoms with E-state index in [-0.39, 0.29) is 6.03 Å². The minimum absolute atomic E-state index is 0.297. The van der Waals surface area contributed by atoms with Gasteiger partial charge in [0, 0.05) is 18.3 Å². The van der Waals surface area contributed by atoms with Crippen molar-refractivity contribution in [1.29, 1.82) is 0 Å². The number of aryl methyl sites for hydroxylation is 1. The first-order chi connectivity index (χ1) is 12.2. The Balaban J connectivity index is 1.58. The van der Waals surface area contributed by atoms with Crippen LogP contribution < -0.4 is 15.4 Å². The van der Waals surface area contributed by atoms with Crippen molar-refractivity contribution in [2.45, 2.75) is 13.2 Å². The average molecular weight is 337 g/mol. The van der Waals surface area contributed by atoms with Gasteiger partial charge in [0.15, 0.2) is 5.82 Å². The van der Waals surface area contributed by atoms with Gasteiger partial charge in [0.25, 0.3) is 0 Å². The van der Waals surface area contributed by atoms with E-state index in [2.05, 4.69) is 20.8 Å². The third-order valence-electron chi connectivity index (χ3n) is 3.62. The van der Waals surface area contributed by atoms with Crippen molar-refractivity contribution in [3.8, 4) is 5.75 Å². The second-order valence-electron chi connectivity index (χ2n) is 5.42. The maximum atomic E-state index is 12.1. The molecule has 7 nitrogen and oxygen atoms in total. The van der Waals surface area contributed by atoms with Gasteiger partial charge < -0.3 is 19.9 Å². The molecule has 25 heavy (non-hydrogen) atoms. The zero-order chi connectivity index (χ0) is 17.5. The molecule has 2 N–H and O–H groups in total. The van der Waals surface area contributed by atoms with Crippen molar-refractivity contribution in [3.05, 3.63) is 72.3 Å². The summed E-state index contributed by atoms with van der Waals surface area (Å²) < 4.78 is 7.51. The lowest BCUT2D eigenvalue weighted by molar-refractivity contribution is 0.251. The molecule has 0 spiro atoms. The largest absolute Gasteiger partial charge is 0.489 e. The Bertz CT molecular complexity index is 832. The number of para-hydroxylation sites is 2. The van der Waals surface area contributed by atoms with Crippen LogP contribution in [0.15, 0.2) is 60.9 Å². The topological polar surface area (TPSA) is 81.1 Å². The number of rotatable bonds is 6. The zero-order valence-corrected chi connectivity index (χ0v) is 13.8. The van der Waals surface area contributed by atoms with Crippen LogP contribution in [0.25, 0.3) is 0 Å². The summed E-state index contributed by atoms with van der Waals surface area (Å²) in [5.41, 5.74) is 1.59. The van der Waals surface area contributed by atoms with Crippen LogP contribution in [0.5, 0.6) is 5.75 Å². The van der Waals surface area contributed by atoms with Gasteiger partial charge in [0.05, 0.1) is 6.54 Å². The van der Waals surface area contributed by atoms with Gasteiger partial charge >= 0.3 is 6.03 Å². The summed E-state index contributed by atoms with van der Waals surface area (Å²) in [6.45, 7) is 0.661. The summed E-state index contributed by atoms with van der Waals surface area (Å²) >= 11 is 0. The highest BCUT2D eigenvalue weighted by Crippen LogP contribution is 2.18. The lowest BCUT2D eigenvalue weighted by atomic mass is 10.2. The summed E-state index contributed by atoms with van der Waals surface area (Å²) in [5.74, 6) is 1.46. The third-order valence-corrected chi connectivity index (χ3v) is 3.62. The fourth-order valence-corrected chi connectivity index (χ4v) is 2.24. The van der Waals surface area contributed by atoms with Crippen LogP contribution in [-0.4, -0.2) is 20.8 Å². The molecule has 0 aliphatic heterocycles. The normalized spacial score (nSPS) is 10.3. The molecule has 2 amide bonds. The van der Waals surface area contributed by atoms with Gasteiger partial charge in [0.2, 0.25) is 0 Å². The van der Waals surface area contributed by atoms with E-state index in [4.69, 9.17) is 4.74 Å². The summed E-state index contributed by atoms with van der Waals surface area (Å²) in [6.07, 6.45) is 1.59. The number of carbonyl (C=O) groups is 1. The Morgan fingerprint density at radius 1 is 1.12 bits per heavy atom. The van der Waals surface area contributed by atoms with Gasteiger partial charge in [-0.15, -0.1) is 10.2 Å². The number of nitrogens with zero attached hydrogens (tertiary/aromatic N) is 3. The van der Waals surface area contributed by atoms with E-state index in [9.17, 15) is 4.79 Å². The van der Waals surface area contributed by atoms with Crippen LogP contribution in [0, 0.1) is 0 Å². The maximum absolute atomic E-state index is 12.1. The molecular formula is C18H19N5O2. The zero-order valence-electron chi connectivity index (χ0n) is 13.8. The minimum Gasteiger partial charge on any atom is -0.489 e. The SMILES string of the molecule is Cn1cnnc1CNC(=O)Nc1ccccc1COc1ccccc1. The Labute approximate surface area is 145 Å². The van der Waals surface area contributed by atoms with Crippen LogP contribution in [0.4, 0.5) is 10.5 Å². The molecule has 0 aliphatic carbocycles. The number of hydrogen-bond acceptors (Lipinski definition) is 4. The molecular weight excluding hydrogens is 318 g/mol. The van der Waals surface area contributed by atoms with Crippen LogP contribution >= 0.6 is 0 Å². The first kappa shape index (κ1) is 16.5. The quantitative estimate of drug-likeness (QED) is 0.725. The number of anilines is 1. The predicted octanol–water partition coefficient (Wildman–Crippen LogP) is 2.72. The van der Waals surface area contributed by atoms with Crippen molar-refractivity contribution in [2.24, 2.45) is 7.05 Å². The highest BCUT2D eigenvalue weighted by molar-refractivity contribution is 5.89. The molecule has 3 aromatic rings. The Morgan fingerprint density at radius 3 is 2.64 bits per heavy atom. The molecule has 0 unspecified atom stereocenters.